The molecule has 1 unspecified atom stereocenters. The van der Waals surface area contributed by atoms with E-state index in [1.54, 1.807) is 18.4 Å². The third-order valence-electron chi connectivity index (χ3n) is 3.78. The molecule has 0 aromatic carbocycles. The second kappa shape index (κ2) is 5.46. The summed E-state index contributed by atoms with van der Waals surface area (Å²) in [4.78, 5) is 4.41. The molecular weight excluding hydrogens is 234 g/mol. The van der Waals surface area contributed by atoms with Gasteiger partial charge < -0.3 is 9.84 Å². The fourth-order valence-corrected chi connectivity index (χ4v) is 3.34. The third kappa shape index (κ3) is 2.87. The van der Waals surface area contributed by atoms with Crippen LogP contribution in [0.15, 0.2) is 5.38 Å². The Morgan fingerprint density at radius 2 is 2.18 bits per heavy atom. The molecule has 1 aliphatic rings. The monoisotopic (exact) mass is 255 g/mol. The van der Waals surface area contributed by atoms with Gasteiger partial charge in [-0.3, -0.25) is 0 Å². The van der Waals surface area contributed by atoms with Crippen molar-refractivity contribution < 1.29 is 9.84 Å². The van der Waals surface area contributed by atoms with Crippen molar-refractivity contribution in [3.63, 3.8) is 0 Å². The van der Waals surface area contributed by atoms with Crippen LogP contribution in [-0.4, -0.2) is 28.9 Å². The zero-order chi connectivity index (χ0) is 12.3. The Kier molecular flexibility index (Phi) is 4.17. The first-order chi connectivity index (χ1) is 8.16. The van der Waals surface area contributed by atoms with Gasteiger partial charge in [-0.1, -0.05) is 19.3 Å². The maximum Gasteiger partial charge on any atom is 0.0940 e. The van der Waals surface area contributed by atoms with Gasteiger partial charge in [-0.25, -0.2) is 4.98 Å². The number of hydrogen-bond acceptors (Lipinski definition) is 4. The van der Waals surface area contributed by atoms with Crippen LogP contribution in [0.3, 0.4) is 0 Å². The third-order valence-corrected chi connectivity index (χ3v) is 4.61. The topological polar surface area (TPSA) is 42.4 Å². The average Bonchev–Trinajstić information content (AvgIpc) is 2.75. The molecule has 0 spiro atoms. The molecule has 4 heteroatoms. The summed E-state index contributed by atoms with van der Waals surface area (Å²) in [6, 6.07) is 0. The second-order valence-electron chi connectivity index (χ2n) is 4.91. The molecule has 1 heterocycles. The molecule has 0 radical (unpaired) electrons. The molecule has 2 rings (SSSR count). The molecule has 0 saturated heterocycles. The Balaban J connectivity index is 2.04. The van der Waals surface area contributed by atoms with Crippen molar-refractivity contribution in [3.05, 3.63) is 16.1 Å². The van der Waals surface area contributed by atoms with E-state index in [-0.39, 0.29) is 5.60 Å². The molecule has 1 aromatic heterocycles. The molecular formula is C13H21NO2S. The summed E-state index contributed by atoms with van der Waals surface area (Å²) in [7, 11) is 1.72. The Morgan fingerprint density at radius 3 is 2.71 bits per heavy atom. The van der Waals surface area contributed by atoms with Crippen LogP contribution in [-0.2, 0) is 11.2 Å². The Bertz CT molecular complexity index is 358. The minimum Gasteiger partial charge on any atom is -0.390 e. The van der Waals surface area contributed by atoms with Crippen LogP contribution in [0.4, 0.5) is 0 Å². The molecule has 0 bridgehead atoms. The summed E-state index contributed by atoms with van der Waals surface area (Å²) in [6.45, 7) is 1.99. The fourth-order valence-electron chi connectivity index (χ4n) is 2.71. The van der Waals surface area contributed by atoms with Gasteiger partial charge in [0.25, 0.3) is 0 Å². The number of aliphatic hydroxyl groups excluding tert-OH is 1. The lowest BCUT2D eigenvalue weighted by molar-refractivity contribution is -0.122. The summed E-state index contributed by atoms with van der Waals surface area (Å²) in [5.41, 5.74) is 0.650. The lowest BCUT2D eigenvalue weighted by Gasteiger charge is -2.39. The van der Waals surface area contributed by atoms with E-state index < -0.39 is 6.10 Å². The van der Waals surface area contributed by atoms with Crippen LogP contribution in [0.25, 0.3) is 0 Å². The van der Waals surface area contributed by atoms with Gasteiger partial charge in [-0.05, 0) is 19.8 Å². The van der Waals surface area contributed by atoms with Crippen molar-refractivity contribution in [2.45, 2.75) is 57.2 Å². The van der Waals surface area contributed by atoms with Gasteiger partial charge in [0.1, 0.15) is 0 Å². The van der Waals surface area contributed by atoms with Gasteiger partial charge in [0, 0.05) is 18.9 Å². The number of nitrogens with zero attached hydrogens (tertiary/aromatic N) is 1. The summed E-state index contributed by atoms with van der Waals surface area (Å²) in [5.74, 6) is 0. The van der Waals surface area contributed by atoms with E-state index in [1.807, 2.05) is 12.3 Å². The molecule has 96 valence electrons. The summed E-state index contributed by atoms with van der Waals surface area (Å²) < 4.78 is 5.65. The first-order valence-electron chi connectivity index (χ1n) is 6.30. The number of hydrogen-bond donors (Lipinski definition) is 1. The van der Waals surface area contributed by atoms with E-state index in [4.69, 9.17) is 4.74 Å². The summed E-state index contributed by atoms with van der Waals surface area (Å²) >= 11 is 1.64. The van der Waals surface area contributed by atoms with Gasteiger partial charge in [0.05, 0.1) is 22.4 Å². The Labute approximate surface area is 107 Å². The van der Waals surface area contributed by atoms with E-state index in [0.717, 1.165) is 36.4 Å². The van der Waals surface area contributed by atoms with Crippen molar-refractivity contribution in [1.29, 1.82) is 0 Å². The van der Waals surface area contributed by atoms with Crippen molar-refractivity contribution in [2.24, 2.45) is 0 Å². The van der Waals surface area contributed by atoms with Crippen LogP contribution in [0.1, 0.15) is 42.8 Å². The first-order valence-corrected chi connectivity index (χ1v) is 7.18. The van der Waals surface area contributed by atoms with Gasteiger partial charge in [0.2, 0.25) is 0 Å². The Hall–Kier alpha value is -0.450. The maximum absolute atomic E-state index is 10.4. The predicted molar refractivity (Wildman–Crippen MR) is 69.4 cm³/mol. The van der Waals surface area contributed by atoms with Gasteiger partial charge >= 0.3 is 0 Å². The van der Waals surface area contributed by atoms with Crippen LogP contribution >= 0.6 is 11.3 Å². The molecule has 0 amide bonds. The standard InChI is InChI=1S/C13H21NO2S/c1-10-14-11(9-17-10)8-12(15)13(16-2)6-4-3-5-7-13/h9,12,15H,3-8H2,1-2H3. The quantitative estimate of drug-likeness (QED) is 0.899. The van der Waals surface area contributed by atoms with E-state index in [2.05, 4.69) is 4.98 Å². The molecule has 1 aromatic rings. The number of rotatable bonds is 4. The van der Waals surface area contributed by atoms with Gasteiger partial charge in [-0.2, -0.15) is 0 Å². The van der Waals surface area contributed by atoms with E-state index in [1.165, 1.54) is 6.42 Å². The number of thiazole rings is 1. The molecule has 1 aliphatic carbocycles. The number of ether oxygens (including phenoxy) is 1. The lowest BCUT2D eigenvalue weighted by atomic mass is 9.79. The molecule has 1 saturated carbocycles. The van der Waals surface area contributed by atoms with Crippen LogP contribution in [0.5, 0.6) is 0 Å². The Morgan fingerprint density at radius 1 is 1.47 bits per heavy atom. The highest BCUT2D eigenvalue weighted by atomic mass is 32.1. The summed E-state index contributed by atoms with van der Waals surface area (Å²) in [5, 5.41) is 13.5. The minimum absolute atomic E-state index is 0.338. The van der Waals surface area contributed by atoms with Crippen LogP contribution < -0.4 is 0 Å². The van der Waals surface area contributed by atoms with Gasteiger partial charge in [-0.15, -0.1) is 11.3 Å². The highest BCUT2D eigenvalue weighted by molar-refractivity contribution is 7.09. The zero-order valence-corrected chi connectivity index (χ0v) is 11.4. The first kappa shape index (κ1) is 13.0. The number of methoxy groups -OCH3 is 1. The fraction of sp³-hybridized carbons (Fsp3) is 0.769. The lowest BCUT2D eigenvalue weighted by Crippen LogP contribution is -2.46. The van der Waals surface area contributed by atoms with Crippen molar-refractivity contribution in [3.8, 4) is 0 Å². The average molecular weight is 255 g/mol. The highest BCUT2D eigenvalue weighted by Crippen LogP contribution is 2.35. The number of aromatic nitrogens is 1. The van der Waals surface area contributed by atoms with Crippen molar-refractivity contribution in [1.82, 2.24) is 4.98 Å². The predicted octanol–water partition coefficient (Wildman–Crippen LogP) is 2.70. The molecule has 3 nitrogen and oxygen atoms in total. The van der Waals surface area contributed by atoms with E-state index >= 15 is 0 Å². The van der Waals surface area contributed by atoms with E-state index in [9.17, 15) is 5.11 Å². The largest absolute Gasteiger partial charge is 0.390 e. The highest BCUT2D eigenvalue weighted by Gasteiger charge is 2.39. The van der Waals surface area contributed by atoms with Crippen LogP contribution in [0.2, 0.25) is 0 Å². The van der Waals surface area contributed by atoms with Crippen molar-refractivity contribution in [2.75, 3.05) is 7.11 Å². The minimum atomic E-state index is -0.436. The number of aryl methyl sites for hydroxylation is 1. The SMILES string of the molecule is COC1(C(O)Cc2csc(C)n2)CCCCC1. The van der Waals surface area contributed by atoms with Crippen LogP contribution in [0, 0.1) is 6.92 Å². The molecule has 17 heavy (non-hydrogen) atoms. The zero-order valence-electron chi connectivity index (χ0n) is 10.6. The molecule has 1 atom stereocenters. The maximum atomic E-state index is 10.4. The smallest absolute Gasteiger partial charge is 0.0940 e. The van der Waals surface area contributed by atoms with E-state index in [0.29, 0.717) is 6.42 Å². The normalized spacial score (nSPS) is 21.4. The molecule has 1 N–H and O–H groups in total. The second-order valence-corrected chi connectivity index (χ2v) is 5.97. The number of aliphatic hydroxyl groups is 1. The molecule has 1 fully saturated rings. The van der Waals surface area contributed by atoms with Gasteiger partial charge in [0.15, 0.2) is 0 Å². The van der Waals surface area contributed by atoms with Crippen molar-refractivity contribution >= 4 is 11.3 Å². The molecule has 0 aliphatic heterocycles. The summed E-state index contributed by atoms with van der Waals surface area (Å²) in [6.07, 6.45) is 5.67.